The Morgan fingerprint density at radius 2 is 1.86 bits per heavy atom. The van der Waals surface area contributed by atoms with Gasteiger partial charge in [-0.3, -0.25) is 19.7 Å². The molecule has 0 saturated heterocycles. The van der Waals surface area contributed by atoms with Gasteiger partial charge < -0.3 is 23.7 Å². The van der Waals surface area contributed by atoms with Gasteiger partial charge in [-0.1, -0.05) is 23.7 Å². The fourth-order valence-corrected chi connectivity index (χ4v) is 4.04. The minimum absolute atomic E-state index is 0.0368. The van der Waals surface area contributed by atoms with Gasteiger partial charge in [0.05, 0.1) is 11.5 Å². The summed E-state index contributed by atoms with van der Waals surface area (Å²) in [5.41, 5.74) is 0.445. The van der Waals surface area contributed by atoms with E-state index in [2.05, 4.69) is 6.58 Å². The molecule has 11 heteroatoms. The Morgan fingerprint density at radius 3 is 2.57 bits per heavy atom. The topological polar surface area (TPSA) is 115 Å². The minimum atomic E-state index is -0.666. The maximum Gasteiger partial charge on any atom is 0.288 e. The van der Waals surface area contributed by atoms with Crippen LogP contribution >= 0.6 is 11.6 Å². The zero-order chi connectivity index (χ0) is 26.5. The number of benzene rings is 2. The summed E-state index contributed by atoms with van der Waals surface area (Å²) < 4.78 is 16.5. The Balaban J connectivity index is 1.57. The van der Waals surface area contributed by atoms with Crippen molar-refractivity contribution in [2.75, 3.05) is 19.9 Å². The number of nitro benzene ring substituents is 1. The largest absolute Gasteiger partial charge is 0.464 e. The quantitative estimate of drug-likeness (QED) is 0.213. The molecule has 0 N–H and O–H groups in total. The molecule has 0 atom stereocenters. The molecule has 4 rings (SSSR count). The van der Waals surface area contributed by atoms with Gasteiger partial charge in [0, 0.05) is 24.7 Å². The van der Waals surface area contributed by atoms with Gasteiger partial charge in [-0.05, 0) is 48.9 Å². The van der Waals surface area contributed by atoms with Gasteiger partial charge in [0.2, 0.25) is 12.7 Å². The number of furan rings is 1. The number of carbonyl (C=O) groups is 2. The monoisotopic (exact) mass is 525 g/mol. The van der Waals surface area contributed by atoms with Crippen LogP contribution in [-0.4, -0.2) is 46.4 Å². The van der Waals surface area contributed by atoms with Gasteiger partial charge in [0.15, 0.2) is 11.5 Å². The molecule has 0 radical (unpaired) electrons. The average molecular weight is 526 g/mol. The first-order chi connectivity index (χ1) is 17.7. The number of amides is 2. The number of nitrogens with zero attached hydrogens (tertiary/aromatic N) is 3. The number of fused-ring (bicyclic) bond motifs is 1. The Morgan fingerprint density at radius 1 is 1.08 bits per heavy atom. The second kappa shape index (κ2) is 11.2. The normalized spacial score (nSPS) is 11.7. The lowest BCUT2D eigenvalue weighted by Crippen LogP contribution is -2.42. The van der Waals surface area contributed by atoms with Gasteiger partial charge >= 0.3 is 0 Å². The second-order valence-corrected chi connectivity index (χ2v) is 8.75. The molecule has 2 amide bonds. The van der Waals surface area contributed by atoms with E-state index >= 15 is 0 Å². The van der Waals surface area contributed by atoms with Crippen LogP contribution in [-0.2, 0) is 17.9 Å². The van der Waals surface area contributed by atoms with E-state index in [-0.39, 0.29) is 49.5 Å². The molecule has 192 valence electrons. The van der Waals surface area contributed by atoms with Crippen LogP contribution in [0.3, 0.4) is 0 Å². The van der Waals surface area contributed by atoms with Crippen LogP contribution in [0.15, 0.2) is 65.6 Å². The molecule has 2 heterocycles. The zero-order valence-electron chi connectivity index (χ0n) is 20.0. The molecule has 0 unspecified atom stereocenters. The smallest absolute Gasteiger partial charge is 0.288 e. The van der Waals surface area contributed by atoms with Crippen LogP contribution in [0.5, 0.6) is 11.5 Å². The van der Waals surface area contributed by atoms with Crippen LogP contribution in [0.1, 0.15) is 27.4 Å². The van der Waals surface area contributed by atoms with E-state index in [1.807, 2.05) is 13.0 Å². The van der Waals surface area contributed by atoms with Gasteiger partial charge in [-0.15, -0.1) is 6.58 Å². The highest BCUT2D eigenvalue weighted by Gasteiger charge is 2.25. The molecule has 0 fully saturated rings. The molecule has 0 bridgehead atoms. The fraction of sp³-hybridized carbons (Fsp3) is 0.231. The Bertz CT molecular complexity index is 1350. The number of ether oxygens (including phenoxy) is 2. The predicted octanol–water partition coefficient (Wildman–Crippen LogP) is 4.74. The van der Waals surface area contributed by atoms with Crippen molar-refractivity contribution in [3.8, 4) is 11.5 Å². The number of nitro groups is 1. The number of halogens is 1. The predicted molar refractivity (Wildman–Crippen MR) is 134 cm³/mol. The van der Waals surface area contributed by atoms with Gasteiger partial charge in [-0.25, -0.2) is 0 Å². The maximum absolute atomic E-state index is 13.5. The molecule has 1 aliphatic rings. The lowest BCUT2D eigenvalue weighted by molar-refractivity contribution is -0.384. The first kappa shape index (κ1) is 25.8. The summed E-state index contributed by atoms with van der Waals surface area (Å²) in [4.78, 5) is 40.2. The van der Waals surface area contributed by atoms with E-state index in [9.17, 15) is 19.7 Å². The molecule has 0 aliphatic carbocycles. The molecule has 3 aromatic rings. The van der Waals surface area contributed by atoms with Crippen molar-refractivity contribution in [1.29, 1.82) is 0 Å². The third-order valence-corrected chi connectivity index (χ3v) is 5.98. The van der Waals surface area contributed by atoms with Gasteiger partial charge in [0.25, 0.3) is 11.6 Å². The first-order valence-corrected chi connectivity index (χ1v) is 11.7. The Labute approximate surface area is 217 Å². The highest BCUT2D eigenvalue weighted by atomic mass is 35.5. The SMILES string of the molecule is C=CCN(CC(=O)N(Cc1ccc2c(c1)OCO2)Cc1ccc(C)o1)C(=O)c1ccc(Cl)c([N+](=O)[O-])c1. The molecule has 1 aliphatic heterocycles. The minimum Gasteiger partial charge on any atom is -0.464 e. The Kier molecular flexibility index (Phi) is 7.78. The van der Waals surface area contributed by atoms with Crippen molar-refractivity contribution >= 4 is 29.1 Å². The van der Waals surface area contributed by atoms with Crippen molar-refractivity contribution < 1.29 is 28.4 Å². The van der Waals surface area contributed by atoms with Gasteiger partial charge in [0.1, 0.15) is 23.1 Å². The third-order valence-electron chi connectivity index (χ3n) is 5.66. The van der Waals surface area contributed by atoms with Crippen molar-refractivity contribution in [3.05, 3.63) is 99.0 Å². The lowest BCUT2D eigenvalue weighted by Gasteiger charge is -2.27. The summed E-state index contributed by atoms with van der Waals surface area (Å²) in [6, 6.07) is 12.8. The summed E-state index contributed by atoms with van der Waals surface area (Å²) in [6.45, 7) is 5.77. The molecular formula is C26H24ClN3O7. The summed E-state index contributed by atoms with van der Waals surface area (Å²) >= 11 is 5.88. The number of rotatable bonds is 10. The first-order valence-electron chi connectivity index (χ1n) is 11.3. The zero-order valence-corrected chi connectivity index (χ0v) is 20.8. The summed E-state index contributed by atoms with van der Waals surface area (Å²) in [7, 11) is 0. The van der Waals surface area contributed by atoms with Gasteiger partial charge in [-0.2, -0.15) is 0 Å². The van der Waals surface area contributed by atoms with E-state index in [4.69, 9.17) is 25.5 Å². The average Bonchev–Trinajstić information content (AvgIpc) is 3.51. The van der Waals surface area contributed by atoms with Crippen LogP contribution in [0.4, 0.5) is 5.69 Å². The van der Waals surface area contributed by atoms with Crippen LogP contribution in [0.25, 0.3) is 0 Å². The van der Waals surface area contributed by atoms with Crippen molar-refractivity contribution in [3.63, 3.8) is 0 Å². The molecule has 1 aromatic heterocycles. The highest BCUT2D eigenvalue weighted by Crippen LogP contribution is 2.33. The van der Waals surface area contributed by atoms with Crippen molar-refractivity contribution in [1.82, 2.24) is 9.80 Å². The Hall–Kier alpha value is -4.31. The molecule has 2 aromatic carbocycles. The third kappa shape index (κ3) is 6.10. The number of hydrogen-bond donors (Lipinski definition) is 0. The van der Waals surface area contributed by atoms with Crippen molar-refractivity contribution in [2.45, 2.75) is 20.0 Å². The van der Waals surface area contributed by atoms with Crippen LogP contribution < -0.4 is 9.47 Å². The molecular weight excluding hydrogens is 502 g/mol. The van der Waals surface area contributed by atoms with Crippen molar-refractivity contribution in [2.24, 2.45) is 0 Å². The number of hydrogen-bond acceptors (Lipinski definition) is 7. The molecule has 10 nitrogen and oxygen atoms in total. The van der Waals surface area contributed by atoms with E-state index in [0.717, 1.165) is 11.6 Å². The molecule has 37 heavy (non-hydrogen) atoms. The summed E-state index contributed by atoms with van der Waals surface area (Å²) in [5, 5.41) is 11.2. The summed E-state index contributed by atoms with van der Waals surface area (Å²) in [6.07, 6.45) is 1.48. The summed E-state index contributed by atoms with van der Waals surface area (Å²) in [5.74, 6) is 1.59. The van der Waals surface area contributed by atoms with E-state index in [1.165, 1.54) is 23.1 Å². The van der Waals surface area contributed by atoms with Crippen LogP contribution in [0.2, 0.25) is 5.02 Å². The molecule has 0 saturated carbocycles. The number of carbonyl (C=O) groups excluding carboxylic acids is 2. The lowest BCUT2D eigenvalue weighted by atomic mass is 10.1. The molecule has 0 spiro atoms. The van der Waals surface area contributed by atoms with Crippen LogP contribution in [0, 0.1) is 17.0 Å². The fourth-order valence-electron chi connectivity index (χ4n) is 3.86. The van der Waals surface area contributed by atoms with E-state index < -0.39 is 16.5 Å². The van der Waals surface area contributed by atoms with E-state index in [1.54, 1.807) is 29.2 Å². The standard InChI is InChI=1S/C26H24ClN3O7/c1-3-10-28(26(32)19-6-8-21(27)22(12-19)30(33)34)15-25(31)29(14-20-7-4-17(2)37-20)13-18-5-9-23-24(11-18)36-16-35-23/h3-9,11-12H,1,10,13-16H2,2H3. The second-order valence-electron chi connectivity index (χ2n) is 8.35. The highest BCUT2D eigenvalue weighted by molar-refractivity contribution is 6.32. The van der Waals surface area contributed by atoms with E-state index in [0.29, 0.717) is 23.0 Å². The number of aryl methyl sites for hydroxylation is 1. The maximum atomic E-state index is 13.5.